The van der Waals surface area contributed by atoms with Crippen LogP contribution in [0.2, 0.25) is 0 Å². The van der Waals surface area contributed by atoms with Crippen molar-refractivity contribution in [1.82, 2.24) is 0 Å². The van der Waals surface area contributed by atoms with Gasteiger partial charge in [0.15, 0.2) is 0 Å². The Kier molecular flexibility index (Phi) is 1.28. The second-order valence-electron chi connectivity index (χ2n) is 2.47. The number of halogens is 1. The van der Waals surface area contributed by atoms with Crippen molar-refractivity contribution in [3.63, 3.8) is 0 Å². The highest BCUT2D eigenvalue weighted by Crippen LogP contribution is 2.20. The van der Waals surface area contributed by atoms with Gasteiger partial charge in [0, 0.05) is 4.47 Å². The van der Waals surface area contributed by atoms with Crippen LogP contribution in [-0.4, -0.2) is 0 Å². The van der Waals surface area contributed by atoms with E-state index in [4.69, 9.17) is 6.85 Å². The van der Waals surface area contributed by atoms with Crippen molar-refractivity contribution in [3.05, 3.63) is 59.0 Å². The van der Waals surface area contributed by atoms with Gasteiger partial charge in [-0.25, -0.2) is 0 Å². The molecule has 0 aromatic heterocycles. The Morgan fingerprint density at radius 1 is 0.923 bits per heavy atom. The van der Waals surface area contributed by atoms with E-state index in [-0.39, 0.29) is 30.2 Å². The van der Waals surface area contributed by atoms with Gasteiger partial charge in [0.2, 0.25) is 0 Å². The van der Waals surface area contributed by atoms with Crippen molar-refractivity contribution in [1.29, 1.82) is 0 Å². The number of hydrogen-bond acceptors (Lipinski definition) is 0. The lowest BCUT2D eigenvalue weighted by atomic mass is 10.1. The highest BCUT2D eigenvalue weighted by molar-refractivity contribution is 9.10. The molecule has 0 atom stereocenters. The fourth-order valence-corrected chi connectivity index (χ4v) is 1.22. The zero-order chi connectivity index (χ0) is 13.4. The Balaban J connectivity index is 2.70. The van der Waals surface area contributed by atoms with Gasteiger partial charge in [0.05, 0.1) is 6.85 Å². The van der Waals surface area contributed by atoms with Crippen LogP contribution in [0.3, 0.4) is 0 Å². The van der Waals surface area contributed by atoms with Crippen LogP contribution in [0.5, 0.6) is 0 Å². The topological polar surface area (TPSA) is 0 Å². The molecule has 2 aromatic rings. The molecule has 2 rings (SSSR count). The summed E-state index contributed by atoms with van der Waals surface area (Å²) in [5.74, 6) is 0. The third kappa shape index (κ3) is 1.99. The van der Waals surface area contributed by atoms with E-state index in [2.05, 4.69) is 15.9 Å². The van der Waals surface area contributed by atoms with Crippen LogP contribution < -0.4 is 0 Å². The van der Waals surface area contributed by atoms with Gasteiger partial charge >= 0.3 is 0 Å². The molecule has 0 amide bonds. The number of hydrogen-bond donors (Lipinski definition) is 0. The van der Waals surface area contributed by atoms with Crippen molar-refractivity contribution in [2.75, 3.05) is 0 Å². The van der Waals surface area contributed by atoms with Gasteiger partial charge in [-0.2, -0.15) is 0 Å². The molecule has 2 aromatic carbocycles. The zero-order valence-corrected chi connectivity index (χ0v) is 8.27. The van der Waals surface area contributed by atoms with Gasteiger partial charge in [-0.3, -0.25) is 0 Å². The summed E-state index contributed by atoms with van der Waals surface area (Å²) >= 11 is 3.14. The van der Waals surface area contributed by atoms with E-state index in [1.54, 1.807) is 0 Å². The predicted octanol–water partition coefficient (Wildman–Crippen LogP) is 4.12. The largest absolute Gasteiger partial charge is 0.0635 e. The van der Waals surface area contributed by atoms with E-state index >= 15 is 0 Å². The Morgan fingerprint density at radius 3 is 2.15 bits per heavy atom. The average Bonchev–Trinajstić information content (AvgIpc) is 2.24. The molecule has 0 saturated carbocycles. The number of benzene rings is 2. The first-order chi connectivity index (χ1) is 8.40. The standard InChI is InChI=1S/C12H9Br/c13-12-8-6-11(7-9-12)10-4-2-1-3-5-10/h1-9H/i1D,4D,5D,8D,9D. The minimum absolute atomic E-state index is 0.0635. The molecule has 0 spiro atoms. The summed E-state index contributed by atoms with van der Waals surface area (Å²) in [4.78, 5) is 0. The van der Waals surface area contributed by atoms with Crippen LogP contribution in [-0.2, 0) is 0 Å². The SMILES string of the molecule is [2H]c1cc([2H])c(-c2cc([2H])c(Br)c([2H])c2)c([2H])c1. The lowest BCUT2D eigenvalue weighted by molar-refractivity contribution is 1.59. The Bertz CT molecular complexity index is 578. The summed E-state index contributed by atoms with van der Waals surface area (Å²) in [6.45, 7) is 0. The van der Waals surface area contributed by atoms with Gasteiger partial charge in [-0.05, 0) is 23.2 Å². The molecule has 0 nitrogen and oxygen atoms in total. The normalized spacial score (nSPS) is 15.3. The lowest BCUT2D eigenvalue weighted by Crippen LogP contribution is -1.75. The molecular weight excluding hydrogens is 224 g/mol. The molecule has 0 bridgehead atoms. The summed E-state index contributed by atoms with van der Waals surface area (Å²) < 4.78 is 38.9. The van der Waals surface area contributed by atoms with E-state index in [0.29, 0.717) is 15.6 Å². The quantitative estimate of drug-likeness (QED) is 0.701. The molecule has 0 N–H and O–H groups in total. The first kappa shape index (κ1) is 4.43. The molecule has 0 aliphatic heterocycles. The van der Waals surface area contributed by atoms with Crippen molar-refractivity contribution >= 4 is 15.9 Å². The second kappa shape index (κ2) is 3.75. The molecule has 64 valence electrons. The maximum atomic E-state index is 7.81. The average molecular weight is 238 g/mol. The van der Waals surface area contributed by atoms with Crippen molar-refractivity contribution in [2.24, 2.45) is 0 Å². The molecule has 1 heteroatoms. The monoisotopic (exact) mass is 237 g/mol. The van der Waals surface area contributed by atoms with Gasteiger partial charge in [0.1, 0.15) is 0 Å². The van der Waals surface area contributed by atoms with E-state index in [9.17, 15) is 0 Å². The molecule has 0 aliphatic carbocycles. The predicted molar refractivity (Wildman–Crippen MR) is 59.6 cm³/mol. The molecule has 0 fully saturated rings. The lowest BCUT2D eigenvalue weighted by Gasteiger charge is -2.00. The van der Waals surface area contributed by atoms with Gasteiger partial charge in [-0.1, -0.05) is 58.3 Å². The molecule has 0 heterocycles. The summed E-state index contributed by atoms with van der Waals surface area (Å²) in [6, 6.07) is 6.25. The van der Waals surface area contributed by atoms with Crippen LogP contribution in [0.15, 0.2) is 59.0 Å². The van der Waals surface area contributed by atoms with Gasteiger partial charge in [0.25, 0.3) is 0 Å². The van der Waals surface area contributed by atoms with E-state index in [1.165, 1.54) is 24.3 Å². The molecular formula is C12H9Br. The zero-order valence-electron chi connectivity index (χ0n) is 11.7. The van der Waals surface area contributed by atoms with E-state index in [1.807, 2.05) is 0 Å². The maximum absolute atomic E-state index is 7.81. The van der Waals surface area contributed by atoms with Crippen LogP contribution >= 0.6 is 15.9 Å². The molecule has 13 heavy (non-hydrogen) atoms. The van der Waals surface area contributed by atoms with E-state index < -0.39 is 0 Å². The smallest absolute Gasteiger partial charge is 0.0622 e. The Morgan fingerprint density at radius 2 is 1.54 bits per heavy atom. The van der Waals surface area contributed by atoms with Gasteiger partial charge < -0.3 is 0 Å². The second-order valence-corrected chi connectivity index (χ2v) is 3.26. The fraction of sp³-hybridized carbons (Fsp3) is 0. The minimum Gasteiger partial charge on any atom is -0.0622 e. The van der Waals surface area contributed by atoms with Gasteiger partial charge in [-0.15, -0.1) is 0 Å². The minimum atomic E-state index is 0.0635. The first-order valence-corrected chi connectivity index (χ1v) is 4.54. The van der Waals surface area contributed by atoms with Crippen LogP contribution in [0, 0.1) is 0 Å². The van der Waals surface area contributed by atoms with Crippen LogP contribution in [0.25, 0.3) is 11.1 Å². The summed E-state index contributed by atoms with van der Waals surface area (Å²) in [5.41, 5.74) is 0.837. The summed E-state index contributed by atoms with van der Waals surface area (Å²) in [5, 5.41) is 0. The van der Waals surface area contributed by atoms with E-state index in [0.717, 1.165) is 0 Å². The molecule has 0 aliphatic rings. The highest BCUT2D eigenvalue weighted by Gasteiger charge is 1.94. The van der Waals surface area contributed by atoms with Crippen molar-refractivity contribution in [3.8, 4) is 11.1 Å². The Labute approximate surface area is 93.4 Å². The third-order valence-corrected chi connectivity index (χ3v) is 2.05. The molecule has 0 unspecified atom stereocenters. The Hall–Kier alpha value is -1.08. The molecule has 0 saturated heterocycles. The maximum Gasteiger partial charge on any atom is 0.0635 e. The van der Waals surface area contributed by atoms with Crippen molar-refractivity contribution < 1.29 is 6.85 Å². The summed E-state index contributed by atoms with van der Waals surface area (Å²) in [7, 11) is 0. The first-order valence-electron chi connectivity index (χ1n) is 6.25. The van der Waals surface area contributed by atoms with Crippen LogP contribution in [0.4, 0.5) is 0 Å². The van der Waals surface area contributed by atoms with Crippen LogP contribution in [0.1, 0.15) is 6.85 Å². The highest BCUT2D eigenvalue weighted by atomic mass is 79.9. The third-order valence-electron chi connectivity index (χ3n) is 1.60. The van der Waals surface area contributed by atoms with Crippen molar-refractivity contribution in [2.45, 2.75) is 0 Å². The molecule has 0 radical (unpaired) electrons. The fourth-order valence-electron chi connectivity index (χ4n) is 0.988. The number of rotatable bonds is 1. The summed E-state index contributed by atoms with van der Waals surface area (Å²) in [6.07, 6.45) is 0.